The number of aryl methyl sites for hydroxylation is 2. The van der Waals surface area contributed by atoms with E-state index in [9.17, 15) is 0 Å². The van der Waals surface area contributed by atoms with E-state index in [-0.39, 0.29) is 0 Å². The van der Waals surface area contributed by atoms with Gasteiger partial charge in [-0.25, -0.2) is 0 Å². The topological polar surface area (TPSA) is 50.2 Å². The third-order valence-electron chi connectivity index (χ3n) is 1.50. The van der Waals surface area contributed by atoms with E-state index in [1.807, 2.05) is 19.2 Å². The van der Waals surface area contributed by atoms with E-state index in [1.54, 1.807) is 0 Å². The molecule has 0 bridgehead atoms. The maximum atomic E-state index is 9.00. The maximum Gasteiger partial charge on any atom is 0.300 e. The average molecular weight is 181 g/mol. The molecule has 13 heavy (non-hydrogen) atoms. The number of hydrogen-bond donors (Lipinski definition) is 1. The van der Waals surface area contributed by atoms with Crippen molar-refractivity contribution in [3.05, 3.63) is 29.6 Å². The lowest BCUT2D eigenvalue weighted by atomic mass is 10.2. The van der Waals surface area contributed by atoms with Crippen LogP contribution in [-0.2, 0) is 11.2 Å². The number of carboxylic acid groups (broad SMARTS) is 1. The van der Waals surface area contributed by atoms with Crippen molar-refractivity contribution < 1.29 is 9.90 Å². The van der Waals surface area contributed by atoms with Gasteiger partial charge in [0.2, 0.25) is 0 Å². The number of aromatic nitrogens is 1. The monoisotopic (exact) mass is 181 g/mol. The minimum Gasteiger partial charge on any atom is -0.481 e. The Balaban J connectivity index is 0.000000310. The van der Waals surface area contributed by atoms with Gasteiger partial charge < -0.3 is 5.11 Å². The van der Waals surface area contributed by atoms with Crippen molar-refractivity contribution in [1.82, 2.24) is 4.98 Å². The molecule has 0 saturated heterocycles. The van der Waals surface area contributed by atoms with E-state index < -0.39 is 5.97 Å². The molecule has 0 spiro atoms. The van der Waals surface area contributed by atoms with Crippen LogP contribution in [0.5, 0.6) is 0 Å². The Morgan fingerprint density at radius 1 is 1.62 bits per heavy atom. The summed E-state index contributed by atoms with van der Waals surface area (Å²) in [6, 6.07) is 4.09. The van der Waals surface area contributed by atoms with Crippen LogP contribution in [0.3, 0.4) is 0 Å². The standard InChI is InChI=1S/C8H11N.C2H4O2/c1-3-8-5-4-6-9-7(8)2;1-2(3)4/h4-6H,3H2,1-2H3;1H3,(H,3,4). The van der Waals surface area contributed by atoms with Gasteiger partial charge in [-0.1, -0.05) is 13.0 Å². The van der Waals surface area contributed by atoms with Crippen LogP contribution in [-0.4, -0.2) is 16.1 Å². The first kappa shape index (κ1) is 11.6. The molecule has 0 saturated carbocycles. The number of pyridine rings is 1. The molecule has 0 atom stereocenters. The Hall–Kier alpha value is -1.38. The Morgan fingerprint density at radius 3 is 2.46 bits per heavy atom. The van der Waals surface area contributed by atoms with Crippen LogP contribution in [0.25, 0.3) is 0 Å². The van der Waals surface area contributed by atoms with E-state index in [0.717, 1.165) is 19.0 Å². The molecular weight excluding hydrogens is 166 g/mol. The second-order valence-corrected chi connectivity index (χ2v) is 2.62. The summed E-state index contributed by atoms with van der Waals surface area (Å²) in [6.45, 7) is 5.27. The Bertz CT molecular complexity index is 267. The van der Waals surface area contributed by atoms with Crippen molar-refractivity contribution >= 4 is 5.97 Å². The van der Waals surface area contributed by atoms with Gasteiger partial charge in [-0.15, -0.1) is 0 Å². The second-order valence-electron chi connectivity index (χ2n) is 2.62. The molecule has 1 heterocycles. The summed E-state index contributed by atoms with van der Waals surface area (Å²) in [6.07, 6.45) is 2.91. The Morgan fingerprint density at radius 2 is 2.15 bits per heavy atom. The van der Waals surface area contributed by atoms with Gasteiger partial charge >= 0.3 is 0 Å². The number of rotatable bonds is 1. The van der Waals surface area contributed by atoms with Crippen molar-refractivity contribution in [3.8, 4) is 0 Å². The third kappa shape index (κ3) is 5.84. The van der Waals surface area contributed by atoms with Crippen molar-refractivity contribution in [2.45, 2.75) is 27.2 Å². The van der Waals surface area contributed by atoms with Crippen molar-refractivity contribution in [2.24, 2.45) is 0 Å². The highest BCUT2D eigenvalue weighted by molar-refractivity contribution is 5.62. The predicted molar refractivity (Wildman–Crippen MR) is 51.7 cm³/mol. The summed E-state index contributed by atoms with van der Waals surface area (Å²) < 4.78 is 0. The molecule has 0 aliphatic rings. The summed E-state index contributed by atoms with van der Waals surface area (Å²) in [7, 11) is 0. The third-order valence-corrected chi connectivity index (χ3v) is 1.50. The van der Waals surface area contributed by atoms with Gasteiger partial charge in [0.1, 0.15) is 0 Å². The zero-order chi connectivity index (χ0) is 10.3. The largest absolute Gasteiger partial charge is 0.481 e. The van der Waals surface area contributed by atoms with Crippen molar-refractivity contribution in [3.63, 3.8) is 0 Å². The Labute approximate surface area is 78.4 Å². The lowest BCUT2D eigenvalue weighted by Crippen LogP contribution is -1.87. The van der Waals surface area contributed by atoms with Gasteiger partial charge in [0.15, 0.2) is 0 Å². The van der Waals surface area contributed by atoms with E-state index in [2.05, 4.69) is 18.0 Å². The quantitative estimate of drug-likeness (QED) is 0.721. The minimum absolute atomic E-state index is 0.833. The molecule has 1 aromatic heterocycles. The molecular formula is C10H15NO2. The van der Waals surface area contributed by atoms with Crippen LogP contribution in [0.1, 0.15) is 25.1 Å². The van der Waals surface area contributed by atoms with Crippen LogP contribution in [0.4, 0.5) is 0 Å². The normalized spacial score (nSPS) is 8.54. The summed E-state index contributed by atoms with van der Waals surface area (Å²) in [4.78, 5) is 13.1. The van der Waals surface area contributed by atoms with Crippen molar-refractivity contribution in [1.29, 1.82) is 0 Å². The highest BCUT2D eigenvalue weighted by Crippen LogP contribution is 2.02. The van der Waals surface area contributed by atoms with Gasteiger partial charge in [-0.05, 0) is 25.0 Å². The highest BCUT2D eigenvalue weighted by Gasteiger charge is 1.91. The van der Waals surface area contributed by atoms with Gasteiger partial charge in [-0.2, -0.15) is 0 Å². The van der Waals surface area contributed by atoms with Gasteiger partial charge in [0.25, 0.3) is 5.97 Å². The number of carbonyl (C=O) groups is 1. The Kier molecular flexibility index (Phi) is 5.52. The summed E-state index contributed by atoms with van der Waals surface area (Å²) >= 11 is 0. The lowest BCUT2D eigenvalue weighted by Gasteiger charge is -1.97. The van der Waals surface area contributed by atoms with Gasteiger partial charge in [0.05, 0.1) is 0 Å². The molecule has 0 radical (unpaired) electrons. The first-order valence-corrected chi connectivity index (χ1v) is 4.18. The SMILES string of the molecule is CC(=O)O.CCc1cccnc1C. The molecule has 0 aromatic carbocycles. The molecule has 0 aliphatic carbocycles. The first-order valence-electron chi connectivity index (χ1n) is 4.18. The number of aliphatic carboxylic acids is 1. The molecule has 72 valence electrons. The number of nitrogens with zero attached hydrogens (tertiary/aromatic N) is 1. The van der Waals surface area contributed by atoms with E-state index in [4.69, 9.17) is 9.90 Å². The van der Waals surface area contributed by atoms with Gasteiger partial charge in [0, 0.05) is 18.8 Å². The number of hydrogen-bond acceptors (Lipinski definition) is 2. The fourth-order valence-corrected chi connectivity index (χ4v) is 0.891. The molecule has 3 heteroatoms. The van der Waals surface area contributed by atoms with Crippen LogP contribution in [0.15, 0.2) is 18.3 Å². The molecule has 1 aromatic rings. The number of carboxylic acids is 1. The maximum absolute atomic E-state index is 9.00. The molecule has 1 rings (SSSR count). The molecule has 0 unspecified atom stereocenters. The van der Waals surface area contributed by atoms with Crippen molar-refractivity contribution in [2.75, 3.05) is 0 Å². The fourth-order valence-electron chi connectivity index (χ4n) is 0.891. The fraction of sp³-hybridized carbons (Fsp3) is 0.400. The highest BCUT2D eigenvalue weighted by atomic mass is 16.4. The predicted octanol–water partition coefficient (Wildman–Crippen LogP) is 2.04. The molecule has 1 N–H and O–H groups in total. The van der Waals surface area contributed by atoms with E-state index in [1.165, 1.54) is 5.56 Å². The molecule has 3 nitrogen and oxygen atoms in total. The smallest absolute Gasteiger partial charge is 0.300 e. The summed E-state index contributed by atoms with van der Waals surface area (Å²) in [5, 5.41) is 7.42. The first-order chi connectivity index (χ1) is 6.07. The summed E-state index contributed by atoms with van der Waals surface area (Å²) in [5.74, 6) is -0.833. The van der Waals surface area contributed by atoms with E-state index >= 15 is 0 Å². The van der Waals surface area contributed by atoms with Gasteiger partial charge in [-0.3, -0.25) is 9.78 Å². The molecule has 0 amide bonds. The average Bonchev–Trinajstić information content (AvgIpc) is 2.04. The molecule has 0 aliphatic heterocycles. The lowest BCUT2D eigenvalue weighted by molar-refractivity contribution is -0.134. The second kappa shape index (κ2) is 6.17. The van der Waals surface area contributed by atoms with Crippen LogP contribution in [0, 0.1) is 6.92 Å². The molecule has 0 fully saturated rings. The zero-order valence-corrected chi connectivity index (χ0v) is 8.24. The van der Waals surface area contributed by atoms with Crippen LogP contribution in [0.2, 0.25) is 0 Å². The van der Waals surface area contributed by atoms with Crippen LogP contribution < -0.4 is 0 Å². The van der Waals surface area contributed by atoms with Crippen LogP contribution >= 0.6 is 0 Å². The van der Waals surface area contributed by atoms with E-state index in [0.29, 0.717) is 0 Å². The minimum atomic E-state index is -0.833. The summed E-state index contributed by atoms with van der Waals surface area (Å²) in [5.41, 5.74) is 2.50. The zero-order valence-electron chi connectivity index (χ0n) is 8.24.